The Hall–Kier alpha value is -0.360. The average molecular weight is 404 g/mol. The molecule has 2 nitrogen and oxygen atoms in total. The molecule has 0 unspecified atom stereocenters. The third-order valence-corrected chi connectivity index (χ3v) is 5.18. The maximum absolute atomic E-state index is 3.63. The van der Waals surface area contributed by atoms with Gasteiger partial charge in [0, 0.05) is 30.3 Å². The summed E-state index contributed by atoms with van der Waals surface area (Å²) in [7, 11) is 4.08. The first-order valence-corrected chi connectivity index (χ1v) is 8.44. The maximum atomic E-state index is 3.63. The Balaban J connectivity index is 2.10. The molecule has 0 atom stereocenters. The van der Waals surface area contributed by atoms with E-state index < -0.39 is 0 Å². The molecular formula is C14H16Br2N2S. The SMILES string of the molecule is CNCc1ccc(N(C)Cc2csc(Br)c2)cc1Br. The van der Waals surface area contributed by atoms with Crippen molar-refractivity contribution in [2.75, 3.05) is 19.0 Å². The maximum Gasteiger partial charge on any atom is 0.0701 e. The van der Waals surface area contributed by atoms with Crippen LogP contribution in [0.3, 0.4) is 0 Å². The van der Waals surface area contributed by atoms with E-state index in [4.69, 9.17) is 0 Å². The summed E-state index contributed by atoms with van der Waals surface area (Å²) in [6.45, 7) is 1.79. The highest BCUT2D eigenvalue weighted by Crippen LogP contribution is 2.26. The standard InChI is InChI=1S/C14H16Br2N2S/c1-17-7-11-3-4-12(6-13(11)15)18(2)8-10-5-14(16)19-9-10/h3-6,9,17H,7-8H2,1-2H3. The normalized spacial score (nSPS) is 10.7. The molecule has 0 aliphatic heterocycles. The third kappa shape index (κ3) is 4.05. The van der Waals surface area contributed by atoms with Crippen molar-refractivity contribution in [2.24, 2.45) is 0 Å². The molecule has 5 heteroatoms. The molecule has 0 spiro atoms. The molecule has 102 valence electrons. The van der Waals surface area contributed by atoms with Crippen molar-refractivity contribution < 1.29 is 0 Å². The molecular weight excluding hydrogens is 388 g/mol. The smallest absolute Gasteiger partial charge is 0.0701 e. The van der Waals surface area contributed by atoms with Gasteiger partial charge >= 0.3 is 0 Å². The van der Waals surface area contributed by atoms with Crippen molar-refractivity contribution in [3.8, 4) is 0 Å². The van der Waals surface area contributed by atoms with Gasteiger partial charge in [0.05, 0.1) is 3.79 Å². The highest BCUT2D eigenvalue weighted by molar-refractivity contribution is 9.11. The van der Waals surface area contributed by atoms with Crippen LogP contribution < -0.4 is 10.2 Å². The highest BCUT2D eigenvalue weighted by Gasteiger charge is 2.06. The lowest BCUT2D eigenvalue weighted by molar-refractivity contribution is 0.813. The first-order chi connectivity index (χ1) is 9.10. The van der Waals surface area contributed by atoms with Crippen molar-refractivity contribution in [2.45, 2.75) is 13.1 Å². The minimum Gasteiger partial charge on any atom is -0.370 e. The van der Waals surface area contributed by atoms with Crippen molar-refractivity contribution in [1.29, 1.82) is 0 Å². The summed E-state index contributed by atoms with van der Waals surface area (Å²) in [6.07, 6.45) is 0. The fraction of sp³-hybridized carbons (Fsp3) is 0.286. The number of thiophene rings is 1. The molecule has 1 N–H and O–H groups in total. The van der Waals surface area contributed by atoms with E-state index in [0.29, 0.717) is 0 Å². The van der Waals surface area contributed by atoms with Crippen LogP contribution in [0, 0.1) is 0 Å². The largest absolute Gasteiger partial charge is 0.370 e. The van der Waals surface area contributed by atoms with Gasteiger partial charge in [0.1, 0.15) is 0 Å². The van der Waals surface area contributed by atoms with Crippen molar-refractivity contribution >= 4 is 48.9 Å². The number of nitrogens with zero attached hydrogens (tertiary/aromatic N) is 1. The van der Waals surface area contributed by atoms with Crippen molar-refractivity contribution in [3.05, 3.63) is 49.0 Å². The number of anilines is 1. The second-order valence-electron chi connectivity index (χ2n) is 4.42. The molecule has 0 fully saturated rings. The van der Waals surface area contributed by atoms with Gasteiger partial charge < -0.3 is 10.2 Å². The highest BCUT2D eigenvalue weighted by atomic mass is 79.9. The topological polar surface area (TPSA) is 15.3 Å². The second kappa shape index (κ2) is 6.88. The van der Waals surface area contributed by atoms with Gasteiger partial charge in [0.15, 0.2) is 0 Å². The number of hydrogen-bond acceptors (Lipinski definition) is 3. The predicted octanol–water partition coefficient (Wildman–Crippen LogP) is 4.63. The summed E-state index contributed by atoms with van der Waals surface area (Å²) in [5.74, 6) is 0. The fourth-order valence-electron chi connectivity index (χ4n) is 1.90. The molecule has 1 aromatic carbocycles. The fourth-order valence-corrected chi connectivity index (χ4v) is 3.61. The Morgan fingerprint density at radius 1 is 1.26 bits per heavy atom. The van der Waals surface area contributed by atoms with Gasteiger partial charge in [-0.15, -0.1) is 11.3 Å². The Morgan fingerprint density at radius 3 is 2.63 bits per heavy atom. The number of rotatable bonds is 5. The van der Waals surface area contributed by atoms with Gasteiger partial charge in [0.2, 0.25) is 0 Å². The molecule has 1 heterocycles. The Morgan fingerprint density at radius 2 is 2.05 bits per heavy atom. The number of benzene rings is 1. The van der Waals surface area contributed by atoms with Gasteiger partial charge in [-0.05, 0) is 57.7 Å². The van der Waals surface area contributed by atoms with E-state index in [0.717, 1.165) is 17.6 Å². The van der Waals surface area contributed by atoms with Crippen molar-refractivity contribution in [3.63, 3.8) is 0 Å². The summed E-state index contributed by atoms with van der Waals surface area (Å²) < 4.78 is 2.33. The Labute approximate surface area is 135 Å². The van der Waals surface area contributed by atoms with E-state index >= 15 is 0 Å². The van der Waals surface area contributed by atoms with Crippen LogP contribution >= 0.6 is 43.2 Å². The lowest BCUT2D eigenvalue weighted by Gasteiger charge is -2.20. The molecule has 2 rings (SSSR count). The number of halogens is 2. The zero-order chi connectivity index (χ0) is 13.8. The molecule has 19 heavy (non-hydrogen) atoms. The van der Waals surface area contributed by atoms with Gasteiger partial charge in [-0.2, -0.15) is 0 Å². The monoisotopic (exact) mass is 402 g/mol. The van der Waals surface area contributed by atoms with Gasteiger partial charge in [-0.1, -0.05) is 22.0 Å². The first-order valence-electron chi connectivity index (χ1n) is 5.97. The van der Waals surface area contributed by atoms with Crippen molar-refractivity contribution in [1.82, 2.24) is 5.32 Å². The Kier molecular flexibility index (Phi) is 5.45. The first kappa shape index (κ1) is 15.0. The summed E-state index contributed by atoms with van der Waals surface area (Å²) in [6, 6.07) is 8.68. The van der Waals surface area contributed by atoms with E-state index in [1.807, 2.05) is 7.05 Å². The van der Waals surface area contributed by atoms with Gasteiger partial charge in [0.25, 0.3) is 0 Å². The predicted molar refractivity (Wildman–Crippen MR) is 91.0 cm³/mol. The van der Waals surface area contributed by atoms with E-state index in [1.54, 1.807) is 11.3 Å². The molecule has 0 radical (unpaired) electrons. The van der Waals surface area contributed by atoms with E-state index in [9.17, 15) is 0 Å². The van der Waals surface area contributed by atoms with Crippen LogP contribution in [0.15, 0.2) is 37.9 Å². The minimum absolute atomic E-state index is 0.877. The summed E-state index contributed by atoms with van der Waals surface area (Å²) in [5.41, 5.74) is 3.82. The van der Waals surface area contributed by atoms with Gasteiger partial charge in [-0.25, -0.2) is 0 Å². The van der Waals surface area contributed by atoms with E-state index in [2.05, 4.69) is 78.8 Å². The van der Waals surface area contributed by atoms with Gasteiger partial charge in [-0.3, -0.25) is 0 Å². The summed E-state index contributed by atoms with van der Waals surface area (Å²) >= 11 is 8.86. The lowest BCUT2D eigenvalue weighted by Crippen LogP contribution is -2.16. The molecule has 0 aliphatic rings. The van der Waals surface area contributed by atoms with E-state index in [1.165, 1.54) is 20.6 Å². The summed E-state index contributed by atoms with van der Waals surface area (Å²) in [5, 5.41) is 5.35. The zero-order valence-corrected chi connectivity index (χ0v) is 14.9. The third-order valence-electron chi connectivity index (χ3n) is 2.89. The molecule has 0 saturated carbocycles. The number of nitrogens with one attached hydrogen (secondary N) is 1. The molecule has 0 aliphatic carbocycles. The zero-order valence-electron chi connectivity index (χ0n) is 10.9. The molecule has 2 aromatic rings. The van der Waals surface area contributed by atoms with Crippen LogP contribution in [0.1, 0.15) is 11.1 Å². The van der Waals surface area contributed by atoms with Crippen LogP contribution in [-0.4, -0.2) is 14.1 Å². The molecule has 0 saturated heterocycles. The quantitative estimate of drug-likeness (QED) is 0.782. The lowest BCUT2D eigenvalue weighted by atomic mass is 10.2. The van der Waals surface area contributed by atoms with Crippen LogP contribution in [0.4, 0.5) is 5.69 Å². The number of hydrogen-bond donors (Lipinski definition) is 1. The van der Waals surface area contributed by atoms with Crippen LogP contribution in [0.25, 0.3) is 0 Å². The van der Waals surface area contributed by atoms with Crippen LogP contribution in [-0.2, 0) is 13.1 Å². The molecule has 1 aromatic heterocycles. The Bertz CT molecular complexity index is 554. The minimum atomic E-state index is 0.877. The van der Waals surface area contributed by atoms with E-state index in [-0.39, 0.29) is 0 Å². The van der Waals surface area contributed by atoms with Crippen LogP contribution in [0.5, 0.6) is 0 Å². The molecule has 0 amide bonds. The second-order valence-corrected chi connectivity index (χ2v) is 7.57. The molecule has 0 bridgehead atoms. The summed E-state index contributed by atoms with van der Waals surface area (Å²) in [4.78, 5) is 2.25. The van der Waals surface area contributed by atoms with Crippen LogP contribution in [0.2, 0.25) is 0 Å². The average Bonchev–Trinajstić information content (AvgIpc) is 2.77.